The Bertz CT molecular complexity index is 1190. The Hall–Kier alpha value is -2.65. The van der Waals surface area contributed by atoms with Crippen LogP contribution in [0.1, 0.15) is 6.42 Å². The van der Waals surface area contributed by atoms with Gasteiger partial charge in [-0.25, -0.2) is 0 Å². The molecule has 35 heavy (non-hydrogen) atoms. The fourth-order valence-electron chi connectivity index (χ4n) is 4.08. The molecule has 1 aliphatic heterocycles. The van der Waals surface area contributed by atoms with Crippen molar-refractivity contribution in [2.45, 2.75) is 6.42 Å². The maximum atomic E-state index is 6.42. The molecular weight excluding hydrogens is 489 g/mol. The summed E-state index contributed by atoms with van der Waals surface area (Å²) in [5.41, 5.74) is 8.73. The first-order valence-corrected chi connectivity index (χ1v) is 12.2. The Morgan fingerprint density at radius 2 is 1.71 bits per heavy atom. The van der Waals surface area contributed by atoms with Crippen LogP contribution in [-0.4, -0.2) is 75.4 Å². The van der Waals surface area contributed by atoms with Crippen LogP contribution in [0.15, 0.2) is 30.5 Å². The Morgan fingerprint density at radius 3 is 2.43 bits per heavy atom. The number of fused-ring (bicyclic) bond motifs is 1. The van der Waals surface area contributed by atoms with Crippen molar-refractivity contribution in [3.63, 3.8) is 0 Å². The van der Waals surface area contributed by atoms with Gasteiger partial charge in [0.2, 0.25) is 0 Å². The molecule has 0 unspecified atom stereocenters. The molecule has 0 spiro atoms. The number of aromatic nitrogens is 1. The number of piperazine rings is 1. The van der Waals surface area contributed by atoms with Gasteiger partial charge in [-0.05, 0) is 25.6 Å². The molecule has 1 aromatic heterocycles. The number of benzene rings is 2. The number of hydrogen-bond donors (Lipinski definition) is 2. The molecule has 1 saturated heterocycles. The van der Waals surface area contributed by atoms with Crippen LogP contribution in [0.5, 0.6) is 17.2 Å². The van der Waals surface area contributed by atoms with E-state index in [1.165, 1.54) is 0 Å². The molecule has 10 heteroatoms. The van der Waals surface area contributed by atoms with E-state index < -0.39 is 0 Å². The summed E-state index contributed by atoms with van der Waals surface area (Å²) in [6, 6.07) is 7.10. The minimum Gasteiger partial charge on any atom is -0.495 e. The summed E-state index contributed by atoms with van der Waals surface area (Å²) in [5, 5.41) is 4.94. The number of ether oxygens (including phenoxy) is 3. The lowest BCUT2D eigenvalue weighted by atomic mass is 10.1. The maximum Gasteiger partial charge on any atom is 0.163 e. The number of methoxy groups -OCH3 is 2. The van der Waals surface area contributed by atoms with E-state index in [1.54, 1.807) is 32.5 Å². The number of hydrogen-bond acceptors (Lipinski definition) is 8. The molecule has 3 aromatic rings. The lowest BCUT2D eigenvalue weighted by molar-refractivity contribution is 0.145. The molecule has 0 radical (unpaired) electrons. The number of nitrogens with zero attached hydrogens (tertiary/aromatic N) is 3. The number of rotatable bonds is 9. The minimum atomic E-state index is 0.423. The first kappa shape index (κ1) is 25.4. The maximum absolute atomic E-state index is 6.42. The monoisotopic (exact) mass is 519 g/mol. The van der Waals surface area contributed by atoms with Gasteiger partial charge in [0.1, 0.15) is 5.75 Å². The molecule has 0 aliphatic carbocycles. The van der Waals surface area contributed by atoms with Crippen molar-refractivity contribution in [1.82, 2.24) is 14.8 Å². The summed E-state index contributed by atoms with van der Waals surface area (Å²) in [5.74, 6) is 1.75. The van der Waals surface area contributed by atoms with Crippen LogP contribution >= 0.6 is 23.2 Å². The molecule has 2 heterocycles. The van der Waals surface area contributed by atoms with Gasteiger partial charge in [-0.3, -0.25) is 4.98 Å². The third-order valence-electron chi connectivity index (χ3n) is 6.16. The second kappa shape index (κ2) is 11.4. The van der Waals surface area contributed by atoms with E-state index in [-0.39, 0.29) is 0 Å². The standard InChI is InChI=1S/C25H31Cl2N5O3/c1-31-6-8-32(9-7-31)5-4-10-35-24-13-20-16(11-23(24)34-3)25(19(28)15-29-20)30-21-14-22(33-2)18(27)12-17(21)26/h11-15H,4-10,28H2,1-3H3,(H,29,30). The van der Waals surface area contributed by atoms with Crippen molar-refractivity contribution in [1.29, 1.82) is 0 Å². The van der Waals surface area contributed by atoms with Crippen LogP contribution in [0.2, 0.25) is 10.0 Å². The lowest BCUT2D eigenvalue weighted by Gasteiger charge is -2.32. The minimum absolute atomic E-state index is 0.423. The molecule has 2 aromatic carbocycles. The van der Waals surface area contributed by atoms with Gasteiger partial charge in [-0.2, -0.15) is 0 Å². The van der Waals surface area contributed by atoms with E-state index in [1.807, 2.05) is 12.1 Å². The topological polar surface area (TPSA) is 85.1 Å². The molecule has 0 amide bonds. The number of nitrogens with one attached hydrogen (secondary N) is 1. The van der Waals surface area contributed by atoms with Gasteiger partial charge in [0.05, 0.1) is 59.6 Å². The molecule has 1 aliphatic rings. The zero-order valence-electron chi connectivity index (χ0n) is 20.2. The SMILES string of the molecule is COc1cc(Nc2c(N)cnc3cc(OCCCN4CCN(C)CC4)c(OC)cc23)c(Cl)cc1Cl. The van der Waals surface area contributed by atoms with E-state index in [0.29, 0.717) is 56.5 Å². The third-order valence-corrected chi connectivity index (χ3v) is 6.76. The van der Waals surface area contributed by atoms with Crippen LogP contribution in [0.4, 0.5) is 17.1 Å². The number of anilines is 3. The fraction of sp³-hybridized carbons (Fsp3) is 0.400. The van der Waals surface area contributed by atoms with Crippen LogP contribution < -0.4 is 25.3 Å². The van der Waals surface area contributed by atoms with Crippen LogP contribution in [0, 0.1) is 0 Å². The highest BCUT2D eigenvalue weighted by atomic mass is 35.5. The van der Waals surface area contributed by atoms with Gasteiger partial charge >= 0.3 is 0 Å². The Balaban J connectivity index is 1.53. The van der Waals surface area contributed by atoms with Gasteiger partial charge in [0, 0.05) is 50.2 Å². The molecule has 1 fully saturated rings. The van der Waals surface area contributed by atoms with Gasteiger partial charge < -0.3 is 35.1 Å². The number of likely N-dealkylation sites (N-methyl/N-ethyl adjacent to an activating group) is 1. The van der Waals surface area contributed by atoms with Gasteiger partial charge in [-0.15, -0.1) is 0 Å². The summed E-state index contributed by atoms with van der Waals surface area (Å²) in [6.07, 6.45) is 2.54. The number of pyridine rings is 1. The predicted molar refractivity (Wildman–Crippen MR) is 143 cm³/mol. The molecule has 0 atom stereocenters. The van der Waals surface area contributed by atoms with Crippen molar-refractivity contribution in [2.75, 3.05) is 71.6 Å². The molecular formula is C25H31Cl2N5O3. The summed E-state index contributed by atoms with van der Waals surface area (Å²) in [6.45, 7) is 6.02. The molecule has 0 saturated carbocycles. The Morgan fingerprint density at radius 1 is 0.971 bits per heavy atom. The first-order valence-electron chi connectivity index (χ1n) is 11.5. The quantitative estimate of drug-likeness (QED) is 0.386. The molecule has 4 rings (SSSR count). The highest BCUT2D eigenvalue weighted by molar-refractivity contribution is 6.37. The van der Waals surface area contributed by atoms with E-state index in [4.69, 9.17) is 43.1 Å². The molecule has 3 N–H and O–H groups in total. The average molecular weight is 520 g/mol. The molecule has 8 nitrogen and oxygen atoms in total. The summed E-state index contributed by atoms with van der Waals surface area (Å²) >= 11 is 12.6. The second-order valence-corrected chi connectivity index (χ2v) is 9.36. The fourth-order valence-corrected chi connectivity index (χ4v) is 4.59. The van der Waals surface area contributed by atoms with E-state index in [9.17, 15) is 0 Å². The Kier molecular flexibility index (Phi) is 8.28. The molecule has 0 bridgehead atoms. The van der Waals surface area contributed by atoms with Crippen LogP contribution in [-0.2, 0) is 0 Å². The predicted octanol–water partition coefficient (Wildman–Crippen LogP) is 4.90. The van der Waals surface area contributed by atoms with Crippen molar-refractivity contribution >= 4 is 51.2 Å². The van der Waals surface area contributed by atoms with Crippen LogP contribution in [0.3, 0.4) is 0 Å². The zero-order valence-corrected chi connectivity index (χ0v) is 21.7. The van der Waals surface area contributed by atoms with Crippen LogP contribution in [0.25, 0.3) is 10.9 Å². The van der Waals surface area contributed by atoms with E-state index in [0.717, 1.165) is 44.5 Å². The van der Waals surface area contributed by atoms with Gasteiger partial charge in [-0.1, -0.05) is 23.2 Å². The van der Waals surface area contributed by atoms with Crippen molar-refractivity contribution in [3.05, 3.63) is 40.5 Å². The molecule has 188 valence electrons. The van der Waals surface area contributed by atoms with E-state index >= 15 is 0 Å². The number of nitrogen functional groups attached to an aromatic ring is 1. The average Bonchev–Trinajstić information content (AvgIpc) is 2.85. The number of nitrogens with two attached hydrogens (primary N) is 1. The Labute approximate surface area is 215 Å². The normalized spacial score (nSPS) is 14.8. The first-order chi connectivity index (χ1) is 16.9. The highest BCUT2D eigenvalue weighted by Gasteiger charge is 2.17. The summed E-state index contributed by atoms with van der Waals surface area (Å²) in [7, 11) is 5.33. The zero-order chi connectivity index (χ0) is 24.9. The largest absolute Gasteiger partial charge is 0.495 e. The van der Waals surface area contributed by atoms with Gasteiger partial charge in [0.25, 0.3) is 0 Å². The lowest BCUT2D eigenvalue weighted by Crippen LogP contribution is -2.44. The number of halogens is 2. The van der Waals surface area contributed by atoms with Crippen molar-refractivity contribution < 1.29 is 14.2 Å². The summed E-state index contributed by atoms with van der Waals surface area (Å²) < 4.78 is 17.0. The summed E-state index contributed by atoms with van der Waals surface area (Å²) in [4.78, 5) is 9.33. The van der Waals surface area contributed by atoms with Gasteiger partial charge in [0.15, 0.2) is 11.5 Å². The van der Waals surface area contributed by atoms with E-state index in [2.05, 4.69) is 27.1 Å². The second-order valence-electron chi connectivity index (χ2n) is 8.55. The van der Waals surface area contributed by atoms with Crippen molar-refractivity contribution in [3.8, 4) is 17.2 Å². The highest BCUT2D eigenvalue weighted by Crippen LogP contribution is 2.41. The smallest absolute Gasteiger partial charge is 0.163 e. The van der Waals surface area contributed by atoms with Crippen molar-refractivity contribution in [2.24, 2.45) is 0 Å². The third kappa shape index (κ3) is 5.95.